The predicted octanol–water partition coefficient (Wildman–Crippen LogP) is 5.66. The normalized spacial score (nSPS) is 14.3. The number of nitrogens with one attached hydrogen (secondary N) is 3. The first kappa shape index (κ1) is 30.1. The topological polar surface area (TPSA) is 93.5 Å². The van der Waals surface area contributed by atoms with Crippen molar-refractivity contribution in [2.75, 3.05) is 33.3 Å². The number of para-hydroxylation sites is 2. The van der Waals surface area contributed by atoms with E-state index in [0.29, 0.717) is 32.6 Å². The van der Waals surface area contributed by atoms with Gasteiger partial charge in [-0.2, -0.15) is 0 Å². The average molecular weight is 608 g/mol. The molecule has 0 aliphatic carbocycles. The number of aromatic amines is 2. The summed E-state index contributed by atoms with van der Waals surface area (Å²) in [5.74, 6) is 0.291. The zero-order chi connectivity index (χ0) is 31.3. The fraction of sp³-hybridized carbons (Fsp3) is 0.278. The van der Waals surface area contributed by atoms with E-state index < -0.39 is 0 Å². The number of carbonyl (C=O) groups is 2. The number of aromatic nitrogens is 2. The zero-order valence-electron chi connectivity index (χ0n) is 25.6. The van der Waals surface area contributed by atoms with E-state index in [1.165, 1.54) is 6.07 Å². The van der Waals surface area contributed by atoms with Crippen molar-refractivity contribution in [1.29, 1.82) is 0 Å². The molecule has 1 aliphatic heterocycles. The lowest BCUT2D eigenvalue weighted by Gasteiger charge is -2.30. The van der Waals surface area contributed by atoms with E-state index >= 15 is 0 Å². The lowest BCUT2D eigenvalue weighted by molar-refractivity contribution is -0.131. The number of fused-ring (bicyclic) bond motifs is 2. The lowest BCUT2D eigenvalue weighted by atomic mass is 9.99. The molecule has 0 bridgehead atoms. The van der Waals surface area contributed by atoms with Crippen LogP contribution in [0.4, 0.5) is 4.39 Å². The molecule has 1 atom stereocenters. The summed E-state index contributed by atoms with van der Waals surface area (Å²) in [5, 5.41) is 5.22. The Labute approximate surface area is 261 Å². The lowest BCUT2D eigenvalue weighted by Crippen LogP contribution is -2.49. The Morgan fingerprint density at radius 3 is 2.58 bits per heavy atom. The molecule has 2 amide bonds. The Balaban J connectivity index is 1.16. The predicted molar refractivity (Wildman–Crippen MR) is 175 cm³/mol. The summed E-state index contributed by atoms with van der Waals surface area (Å²) in [6.07, 6.45) is 7.35. The highest BCUT2D eigenvalue weighted by Gasteiger charge is 2.24. The van der Waals surface area contributed by atoms with Crippen LogP contribution in [0.15, 0.2) is 85.2 Å². The SMILES string of the molecule is COc1ccccc1CN(CC(Cc1c[nH]c2ccccc12)NC(=O)CN1CC=C(c2c[nH]c3ccc(F)cc23)CC1)C(C)=O. The first-order valence-electron chi connectivity index (χ1n) is 15.3. The minimum absolute atomic E-state index is 0.0788. The van der Waals surface area contributed by atoms with Crippen LogP contribution in [0, 0.1) is 5.82 Å². The van der Waals surface area contributed by atoms with Gasteiger partial charge in [0.2, 0.25) is 11.8 Å². The Morgan fingerprint density at radius 1 is 1.00 bits per heavy atom. The molecular weight excluding hydrogens is 569 g/mol. The van der Waals surface area contributed by atoms with Crippen molar-refractivity contribution >= 4 is 39.2 Å². The number of benzene rings is 3. The van der Waals surface area contributed by atoms with Crippen molar-refractivity contribution in [3.05, 3.63) is 108 Å². The molecule has 3 heterocycles. The van der Waals surface area contributed by atoms with E-state index in [0.717, 1.165) is 56.2 Å². The molecule has 3 N–H and O–H groups in total. The van der Waals surface area contributed by atoms with E-state index in [1.807, 2.05) is 54.9 Å². The Bertz CT molecular complexity index is 1860. The van der Waals surface area contributed by atoms with Crippen molar-refractivity contribution in [1.82, 2.24) is 25.1 Å². The summed E-state index contributed by atoms with van der Waals surface area (Å²) in [4.78, 5) is 36.8. The standard InChI is InChI=1S/C36H38FN5O3/c1-24(43)42(21-26-7-3-6-10-35(26)45-2)22-29(17-27-19-38-33-9-5-4-8-30(27)33)40-36(44)23-41-15-13-25(14-16-41)32-20-39-34-12-11-28(37)18-31(32)34/h3-13,18-20,29,38-39H,14-17,21-23H2,1-2H3,(H,40,44). The van der Waals surface area contributed by atoms with Gasteiger partial charge in [0.1, 0.15) is 11.6 Å². The molecule has 1 unspecified atom stereocenters. The summed E-state index contributed by atoms with van der Waals surface area (Å²) in [6.45, 7) is 3.84. The van der Waals surface area contributed by atoms with E-state index in [2.05, 4.69) is 32.3 Å². The number of halogens is 1. The number of ether oxygens (including phenoxy) is 1. The second-order valence-corrected chi connectivity index (χ2v) is 11.6. The van der Waals surface area contributed by atoms with Crippen molar-refractivity contribution < 1.29 is 18.7 Å². The summed E-state index contributed by atoms with van der Waals surface area (Å²) in [7, 11) is 1.62. The van der Waals surface area contributed by atoms with Crippen molar-refractivity contribution in [3.63, 3.8) is 0 Å². The summed E-state index contributed by atoms with van der Waals surface area (Å²) in [5.41, 5.74) is 6.07. The van der Waals surface area contributed by atoms with Crippen LogP contribution in [-0.4, -0.2) is 70.9 Å². The van der Waals surface area contributed by atoms with Crippen LogP contribution in [0.2, 0.25) is 0 Å². The van der Waals surface area contributed by atoms with Crippen LogP contribution in [0.5, 0.6) is 5.75 Å². The smallest absolute Gasteiger partial charge is 0.234 e. The van der Waals surface area contributed by atoms with Gasteiger partial charge in [0, 0.05) is 78.4 Å². The van der Waals surface area contributed by atoms with Gasteiger partial charge in [-0.05, 0) is 54.3 Å². The number of H-pyrrole nitrogens is 2. The molecule has 9 heteroatoms. The number of amides is 2. The molecule has 0 fully saturated rings. The quantitative estimate of drug-likeness (QED) is 0.181. The summed E-state index contributed by atoms with van der Waals surface area (Å²) >= 11 is 0. The first-order valence-corrected chi connectivity index (χ1v) is 15.3. The highest BCUT2D eigenvalue weighted by molar-refractivity contribution is 5.93. The minimum atomic E-state index is -0.313. The van der Waals surface area contributed by atoms with Gasteiger partial charge in [-0.3, -0.25) is 14.5 Å². The van der Waals surface area contributed by atoms with Gasteiger partial charge in [-0.25, -0.2) is 4.39 Å². The van der Waals surface area contributed by atoms with E-state index in [1.54, 1.807) is 31.1 Å². The van der Waals surface area contributed by atoms with Crippen molar-refractivity contribution in [3.8, 4) is 5.75 Å². The molecule has 0 radical (unpaired) electrons. The summed E-state index contributed by atoms with van der Waals surface area (Å²) < 4.78 is 19.4. The second-order valence-electron chi connectivity index (χ2n) is 11.6. The maximum atomic E-state index is 13.9. The molecule has 5 aromatic rings. The van der Waals surface area contributed by atoms with Gasteiger partial charge < -0.3 is 24.9 Å². The van der Waals surface area contributed by atoms with Crippen LogP contribution >= 0.6 is 0 Å². The third-order valence-corrected chi connectivity index (χ3v) is 8.60. The highest BCUT2D eigenvalue weighted by Crippen LogP contribution is 2.30. The highest BCUT2D eigenvalue weighted by atomic mass is 19.1. The fourth-order valence-corrected chi connectivity index (χ4v) is 6.27. The van der Waals surface area contributed by atoms with Gasteiger partial charge in [0.15, 0.2) is 0 Å². The van der Waals surface area contributed by atoms with Gasteiger partial charge in [-0.15, -0.1) is 0 Å². The molecule has 0 saturated heterocycles. The molecule has 1 aliphatic rings. The van der Waals surface area contributed by atoms with Crippen LogP contribution in [0.1, 0.15) is 30.0 Å². The molecule has 0 saturated carbocycles. The number of rotatable bonds is 11. The number of hydrogen-bond donors (Lipinski definition) is 3. The third-order valence-electron chi connectivity index (χ3n) is 8.60. The average Bonchev–Trinajstić information content (AvgIpc) is 3.65. The number of methoxy groups -OCH3 is 1. The van der Waals surface area contributed by atoms with Crippen molar-refractivity contribution in [2.24, 2.45) is 0 Å². The molecule has 3 aromatic carbocycles. The monoisotopic (exact) mass is 607 g/mol. The first-order chi connectivity index (χ1) is 21.9. The Morgan fingerprint density at radius 2 is 1.78 bits per heavy atom. The van der Waals surface area contributed by atoms with Crippen LogP contribution in [0.25, 0.3) is 27.4 Å². The maximum Gasteiger partial charge on any atom is 0.234 e. The molecule has 232 valence electrons. The van der Waals surface area contributed by atoms with Crippen LogP contribution in [-0.2, 0) is 22.6 Å². The largest absolute Gasteiger partial charge is 0.496 e. The molecule has 0 spiro atoms. The van der Waals surface area contributed by atoms with E-state index in [9.17, 15) is 14.0 Å². The summed E-state index contributed by atoms with van der Waals surface area (Å²) in [6, 6.07) is 20.2. The Kier molecular flexibility index (Phi) is 8.98. The van der Waals surface area contributed by atoms with Gasteiger partial charge in [0.05, 0.1) is 19.7 Å². The third kappa shape index (κ3) is 6.94. The van der Waals surface area contributed by atoms with Gasteiger partial charge >= 0.3 is 0 Å². The Hall–Kier alpha value is -4.89. The van der Waals surface area contributed by atoms with Crippen LogP contribution < -0.4 is 10.1 Å². The molecule has 2 aromatic heterocycles. The maximum absolute atomic E-state index is 13.9. The molecular formula is C36H38FN5O3. The van der Waals surface area contributed by atoms with E-state index in [-0.39, 0.29) is 30.2 Å². The fourth-order valence-electron chi connectivity index (χ4n) is 6.27. The zero-order valence-corrected chi connectivity index (χ0v) is 25.6. The molecule has 8 nitrogen and oxygen atoms in total. The van der Waals surface area contributed by atoms with Gasteiger partial charge in [0.25, 0.3) is 0 Å². The number of hydrogen-bond acceptors (Lipinski definition) is 4. The second kappa shape index (κ2) is 13.4. The number of carbonyl (C=O) groups excluding carboxylic acids is 2. The van der Waals surface area contributed by atoms with Gasteiger partial charge in [-0.1, -0.05) is 42.5 Å². The van der Waals surface area contributed by atoms with Crippen LogP contribution in [0.3, 0.4) is 0 Å². The molecule has 6 rings (SSSR count). The number of nitrogens with zero attached hydrogens (tertiary/aromatic N) is 2. The van der Waals surface area contributed by atoms with Crippen molar-refractivity contribution in [2.45, 2.75) is 32.4 Å². The minimum Gasteiger partial charge on any atom is -0.496 e. The molecule has 45 heavy (non-hydrogen) atoms. The van der Waals surface area contributed by atoms with E-state index in [4.69, 9.17) is 4.74 Å².